The summed E-state index contributed by atoms with van der Waals surface area (Å²) in [7, 11) is 0. The Labute approximate surface area is 87.6 Å². The molecule has 2 N–H and O–H groups in total. The monoisotopic (exact) mass is 200 g/mol. The highest BCUT2D eigenvalue weighted by molar-refractivity contribution is 4.80. The van der Waals surface area contributed by atoms with E-state index in [0.717, 1.165) is 19.6 Å². The average molecular weight is 200 g/mol. The molecule has 1 aliphatic heterocycles. The second kappa shape index (κ2) is 5.69. The summed E-state index contributed by atoms with van der Waals surface area (Å²) in [5.41, 5.74) is 5.80. The highest BCUT2D eigenvalue weighted by atomic mass is 16.5. The molecular formula is C11H24N2O. The summed E-state index contributed by atoms with van der Waals surface area (Å²) in [6.07, 6.45) is 3.12. The van der Waals surface area contributed by atoms with Gasteiger partial charge in [-0.1, -0.05) is 13.3 Å². The van der Waals surface area contributed by atoms with Gasteiger partial charge in [-0.2, -0.15) is 0 Å². The molecule has 84 valence electrons. The maximum absolute atomic E-state index is 5.80. The van der Waals surface area contributed by atoms with Crippen molar-refractivity contribution in [1.82, 2.24) is 4.90 Å². The van der Waals surface area contributed by atoms with Gasteiger partial charge in [0.2, 0.25) is 0 Å². The van der Waals surface area contributed by atoms with Gasteiger partial charge < -0.3 is 10.5 Å². The predicted octanol–water partition coefficient (Wildman–Crippen LogP) is 1.22. The third kappa shape index (κ3) is 3.23. The van der Waals surface area contributed by atoms with Crippen LogP contribution in [0.5, 0.6) is 0 Å². The number of morpholine rings is 1. The van der Waals surface area contributed by atoms with Crippen molar-refractivity contribution in [2.75, 3.05) is 19.6 Å². The van der Waals surface area contributed by atoms with Crippen molar-refractivity contribution >= 4 is 0 Å². The second-order valence-electron chi connectivity index (χ2n) is 4.39. The van der Waals surface area contributed by atoms with Crippen molar-refractivity contribution in [2.45, 2.75) is 51.9 Å². The first-order chi connectivity index (χ1) is 6.67. The Morgan fingerprint density at radius 3 is 2.36 bits per heavy atom. The molecule has 0 aromatic heterocycles. The van der Waals surface area contributed by atoms with E-state index in [2.05, 4.69) is 25.7 Å². The molecule has 3 heteroatoms. The van der Waals surface area contributed by atoms with Crippen LogP contribution in [0, 0.1) is 0 Å². The molecule has 3 nitrogen and oxygen atoms in total. The maximum atomic E-state index is 5.80. The van der Waals surface area contributed by atoms with E-state index < -0.39 is 0 Å². The Bertz CT molecular complexity index is 153. The molecule has 0 radical (unpaired) electrons. The van der Waals surface area contributed by atoms with E-state index in [9.17, 15) is 0 Å². The molecule has 1 heterocycles. The highest BCUT2D eigenvalue weighted by Gasteiger charge is 2.26. The quantitative estimate of drug-likeness (QED) is 0.741. The largest absolute Gasteiger partial charge is 0.373 e. The molecule has 1 aliphatic rings. The normalized spacial score (nSPS) is 31.7. The maximum Gasteiger partial charge on any atom is 0.0678 e. The summed E-state index contributed by atoms with van der Waals surface area (Å²) in [5, 5.41) is 0. The zero-order valence-electron chi connectivity index (χ0n) is 9.70. The van der Waals surface area contributed by atoms with E-state index in [1.54, 1.807) is 0 Å². The van der Waals surface area contributed by atoms with Crippen LogP contribution in [0.15, 0.2) is 0 Å². The van der Waals surface area contributed by atoms with Crippen LogP contribution < -0.4 is 5.73 Å². The second-order valence-corrected chi connectivity index (χ2v) is 4.39. The van der Waals surface area contributed by atoms with Crippen LogP contribution >= 0.6 is 0 Å². The van der Waals surface area contributed by atoms with Crippen molar-refractivity contribution < 1.29 is 4.74 Å². The van der Waals surface area contributed by atoms with Gasteiger partial charge in [-0.05, 0) is 20.3 Å². The zero-order valence-corrected chi connectivity index (χ0v) is 9.70. The van der Waals surface area contributed by atoms with Crippen molar-refractivity contribution in [3.8, 4) is 0 Å². The van der Waals surface area contributed by atoms with Crippen molar-refractivity contribution in [3.63, 3.8) is 0 Å². The van der Waals surface area contributed by atoms with Gasteiger partial charge in [-0.3, -0.25) is 4.90 Å². The Kier molecular flexibility index (Phi) is 4.85. The van der Waals surface area contributed by atoms with Crippen LogP contribution in [-0.2, 0) is 4.74 Å². The third-order valence-electron chi connectivity index (χ3n) is 2.86. The Hall–Kier alpha value is -0.120. The molecule has 1 saturated heterocycles. The van der Waals surface area contributed by atoms with Gasteiger partial charge in [-0.25, -0.2) is 0 Å². The van der Waals surface area contributed by atoms with Crippen LogP contribution in [0.3, 0.4) is 0 Å². The van der Waals surface area contributed by atoms with E-state index in [0.29, 0.717) is 18.2 Å². The molecule has 0 saturated carbocycles. The van der Waals surface area contributed by atoms with E-state index in [4.69, 9.17) is 10.5 Å². The fourth-order valence-corrected chi connectivity index (χ4v) is 2.30. The van der Waals surface area contributed by atoms with Gasteiger partial charge in [-0.15, -0.1) is 0 Å². The number of hydrogen-bond acceptors (Lipinski definition) is 3. The first-order valence-corrected chi connectivity index (χ1v) is 5.77. The summed E-state index contributed by atoms with van der Waals surface area (Å²) in [6, 6.07) is 0.550. The lowest BCUT2D eigenvalue weighted by Gasteiger charge is -2.39. The molecule has 1 fully saturated rings. The predicted molar refractivity (Wildman–Crippen MR) is 59.3 cm³/mol. The summed E-state index contributed by atoms with van der Waals surface area (Å²) in [4.78, 5) is 2.49. The SMILES string of the molecule is CCCC(CN)N1C[C@@H](C)O[C@@H](C)C1. The first kappa shape index (κ1) is 12.0. The summed E-state index contributed by atoms with van der Waals surface area (Å²) in [5.74, 6) is 0. The standard InChI is InChI=1S/C11H24N2O/c1-4-5-11(6-12)13-7-9(2)14-10(3)8-13/h9-11H,4-8,12H2,1-3H3/t9-,10+,11?. The molecule has 1 rings (SSSR count). The van der Waals surface area contributed by atoms with Gasteiger partial charge >= 0.3 is 0 Å². The van der Waals surface area contributed by atoms with E-state index in [1.807, 2.05) is 0 Å². The summed E-state index contributed by atoms with van der Waals surface area (Å²) >= 11 is 0. The highest BCUT2D eigenvalue weighted by Crippen LogP contribution is 2.15. The first-order valence-electron chi connectivity index (χ1n) is 5.77. The molecule has 0 amide bonds. The summed E-state index contributed by atoms with van der Waals surface area (Å²) < 4.78 is 5.71. The van der Waals surface area contributed by atoms with Crippen molar-refractivity contribution in [2.24, 2.45) is 5.73 Å². The molecule has 0 aliphatic carbocycles. The molecule has 0 bridgehead atoms. The minimum absolute atomic E-state index is 0.352. The number of nitrogens with zero attached hydrogens (tertiary/aromatic N) is 1. The van der Waals surface area contributed by atoms with E-state index in [-0.39, 0.29) is 0 Å². The third-order valence-corrected chi connectivity index (χ3v) is 2.86. The number of nitrogens with two attached hydrogens (primary N) is 1. The lowest BCUT2D eigenvalue weighted by molar-refractivity contribution is -0.0801. The van der Waals surface area contributed by atoms with Crippen LogP contribution in [0.4, 0.5) is 0 Å². The lowest BCUT2D eigenvalue weighted by atomic mass is 10.1. The number of hydrogen-bond donors (Lipinski definition) is 1. The van der Waals surface area contributed by atoms with Gasteiger partial charge in [0.25, 0.3) is 0 Å². The van der Waals surface area contributed by atoms with Crippen molar-refractivity contribution in [1.29, 1.82) is 0 Å². The topological polar surface area (TPSA) is 38.5 Å². The van der Waals surface area contributed by atoms with Crippen LogP contribution in [0.2, 0.25) is 0 Å². The van der Waals surface area contributed by atoms with Crippen molar-refractivity contribution in [3.05, 3.63) is 0 Å². The smallest absolute Gasteiger partial charge is 0.0678 e. The van der Waals surface area contributed by atoms with E-state index >= 15 is 0 Å². The van der Waals surface area contributed by atoms with E-state index in [1.165, 1.54) is 12.8 Å². The van der Waals surface area contributed by atoms with Crippen LogP contribution in [0.1, 0.15) is 33.6 Å². The number of ether oxygens (including phenoxy) is 1. The fraction of sp³-hybridized carbons (Fsp3) is 1.00. The Morgan fingerprint density at radius 1 is 1.36 bits per heavy atom. The zero-order chi connectivity index (χ0) is 10.6. The molecule has 1 unspecified atom stereocenters. The molecule has 0 spiro atoms. The Morgan fingerprint density at radius 2 is 1.93 bits per heavy atom. The van der Waals surface area contributed by atoms with Gasteiger partial charge in [0.1, 0.15) is 0 Å². The van der Waals surface area contributed by atoms with Gasteiger partial charge in [0.15, 0.2) is 0 Å². The minimum Gasteiger partial charge on any atom is -0.373 e. The summed E-state index contributed by atoms with van der Waals surface area (Å²) in [6.45, 7) is 9.34. The molecule has 0 aromatic carbocycles. The van der Waals surface area contributed by atoms with Gasteiger partial charge in [0.05, 0.1) is 12.2 Å². The minimum atomic E-state index is 0.352. The Balaban J connectivity index is 2.47. The number of rotatable bonds is 4. The molecule has 14 heavy (non-hydrogen) atoms. The van der Waals surface area contributed by atoms with Crippen LogP contribution in [0.25, 0.3) is 0 Å². The fourth-order valence-electron chi connectivity index (χ4n) is 2.30. The van der Waals surface area contributed by atoms with Gasteiger partial charge in [0, 0.05) is 25.7 Å². The lowest BCUT2D eigenvalue weighted by Crippen LogP contribution is -2.52. The molecular weight excluding hydrogens is 176 g/mol. The molecule has 3 atom stereocenters. The molecule has 0 aromatic rings. The van der Waals surface area contributed by atoms with Crippen LogP contribution in [-0.4, -0.2) is 42.8 Å². The average Bonchev–Trinajstić information content (AvgIpc) is 2.12.